The van der Waals surface area contributed by atoms with Crippen LogP contribution < -0.4 is 5.32 Å². The maximum absolute atomic E-state index is 5.64. The number of nitrogens with one attached hydrogen (secondary N) is 1. The van der Waals surface area contributed by atoms with Gasteiger partial charge in [0.2, 0.25) is 0 Å². The summed E-state index contributed by atoms with van der Waals surface area (Å²) in [4.78, 5) is 0. The third kappa shape index (κ3) is 7.05. The maximum atomic E-state index is 5.64. The number of hydrogen-bond donors (Lipinski definition) is 1. The Balaban J connectivity index is 1.86. The van der Waals surface area contributed by atoms with Gasteiger partial charge in [0.1, 0.15) is 0 Å². The number of hydrogen-bond acceptors (Lipinski definition) is 2. The summed E-state index contributed by atoms with van der Waals surface area (Å²) in [5, 5.41) is 3.65. The van der Waals surface area contributed by atoms with Crippen LogP contribution in [-0.4, -0.2) is 25.8 Å². The summed E-state index contributed by atoms with van der Waals surface area (Å²) in [6.45, 7) is 7.48. The summed E-state index contributed by atoms with van der Waals surface area (Å²) in [6, 6.07) is 0.743. The van der Waals surface area contributed by atoms with Crippen molar-refractivity contribution in [2.75, 3.05) is 19.8 Å². The van der Waals surface area contributed by atoms with Crippen molar-refractivity contribution in [3.63, 3.8) is 0 Å². The lowest BCUT2D eigenvalue weighted by Gasteiger charge is -2.29. The van der Waals surface area contributed by atoms with Crippen molar-refractivity contribution in [3.8, 4) is 0 Å². The summed E-state index contributed by atoms with van der Waals surface area (Å²) >= 11 is 0. The first-order valence-corrected chi connectivity index (χ1v) is 7.65. The van der Waals surface area contributed by atoms with Crippen LogP contribution in [0.4, 0.5) is 0 Å². The predicted octanol–water partition coefficient (Wildman–Crippen LogP) is 3.75. The van der Waals surface area contributed by atoms with Crippen LogP contribution in [0.1, 0.15) is 65.2 Å². The van der Waals surface area contributed by atoms with Crippen molar-refractivity contribution in [1.82, 2.24) is 5.32 Å². The van der Waals surface area contributed by atoms with Crippen molar-refractivity contribution in [3.05, 3.63) is 0 Å². The van der Waals surface area contributed by atoms with Crippen molar-refractivity contribution in [2.45, 2.75) is 71.3 Å². The molecule has 0 aromatic rings. The third-order valence-corrected chi connectivity index (χ3v) is 3.91. The van der Waals surface area contributed by atoms with Gasteiger partial charge in [-0.1, -0.05) is 46.0 Å². The molecule has 2 atom stereocenters. The molecule has 2 nitrogen and oxygen atoms in total. The molecular weight excluding hydrogens is 210 g/mol. The minimum atomic E-state index is 0.743. The minimum Gasteiger partial charge on any atom is -0.380 e. The van der Waals surface area contributed by atoms with Gasteiger partial charge >= 0.3 is 0 Å². The molecule has 1 N–H and O–H groups in total. The lowest BCUT2D eigenvalue weighted by Crippen LogP contribution is -2.38. The molecule has 0 aromatic heterocycles. The zero-order valence-corrected chi connectivity index (χ0v) is 11.8. The Bertz CT molecular complexity index is 172. The average Bonchev–Trinajstić information content (AvgIpc) is 2.35. The van der Waals surface area contributed by atoms with Crippen LogP contribution >= 0.6 is 0 Å². The molecule has 0 spiro atoms. The summed E-state index contributed by atoms with van der Waals surface area (Å²) in [7, 11) is 0. The van der Waals surface area contributed by atoms with Gasteiger partial charge in [-0.3, -0.25) is 0 Å². The largest absolute Gasteiger partial charge is 0.380 e. The lowest BCUT2D eigenvalue weighted by molar-refractivity contribution is 0.125. The van der Waals surface area contributed by atoms with Crippen LogP contribution in [0.5, 0.6) is 0 Å². The Kier molecular flexibility index (Phi) is 8.72. The van der Waals surface area contributed by atoms with E-state index in [1.165, 1.54) is 51.4 Å². The fourth-order valence-corrected chi connectivity index (χ4v) is 2.67. The highest BCUT2D eigenvalue weighted by Crippen LogP contribution is 2.23. The van der Waals surface area contributed by atoms with Gasteiger partial charge in [0.05, 0.1) is 6.61 Å². The van der Waals surface area contributed by atoms with E-state index in [0.717, 1.165) is 31.7 Å². The smallest absolute Gasteiger partial charge is 0.0591 e. The molecule has 0 aliphatic heterocycles. The SMILES string of the molecule is CCCCCCOCCNC1CCCCC1C. The molecule has 0 radical (unpaired) electrons. The number of ether oxygens (including phenoxy) is 1. The molecule has 0 saturated heterocycles. The normalized spacial score (nSPS) is 25.1. The highest BCUT2D eigenvalue weighted by Gasteiger charge is 2.19. The number of unbranched alkanes of at least 4 members (excludes halogenated alkanes) is 3. The monoisotopic (exact) mass is 241 g/mol. The second kappa shape index (κ2) is 9.90. The van der Waals surface area contributed by atoms with Crippen molar-refractivity contribution >= 4 is 0 Å². The molecule has 1 fully saturated rings. The first-order valence-electron chi connectivity index (χ1n) is 7.65. The molecule has 1 rings (SSSR count). The molecule has 0 heterocycles. The summed E-state index contributed by atoms with van der Waals surface area (Å²) in [5.74, 6) is 0.855. The van der Waals surface area contributed by atoms with Crippen LogP contribution in [0, 0.1) is 5.92 Å². The van der Waals surface area contributed by atoms with Gasteiger partial charge in [-0.2, -0.15) is 0 Å². The van der Waals surface area contributed by atoms with Crippen molar-refractivity contribution in [2.24, 2.45) is 5.92 Å². The molecule has 1 aliphatic carbocycles. The zero-order chi connectivity index (χ0) is 12.3. The van der Waals surface area contributed by atoms with Gasteiger partial charge in [0, 0.05) is 19.2 Å². The Labute approximate surface area is 108 Å². The molecule has 0 amide bonds. The van der Waals surface area contributed by atoms with E-state index in [0.29, 0.717) is 0 Å². The second-order valence-electron chi connectivity index (χ2n) is 5.50. The molecule has 2 heteroatoms. The quantitative estimate of drug-likeness (QED) is 0.621. The third-order valence-electron chi connectivity index (χ3n) is 3.91. The van der Waals surface area contributed by atoms with Gasteiger partial charge in [0.25, 0.3) is 0 Å². The van der Waals surface area contributed by atoms with Crippen LogP contribution in [0.25, 0.3) is 0 Å². The summed E-state index contributed by atoms with van der Waals surface area (Å²) in [6.07, 6.45) is 10.8. The fraction of sp³-hybridized carbons (Fsp3) is 1.00. The lowest BCUT2D eigenvalue weighted by atomic mass is 9.86. The highest BCUT2D eigenvalue weighted by molar-refractivity contribution is 4.77. The fourth-order valence-electron chi connectivity index (χ4n) is 2.67. The van der Waals surface area contributed by atoms with Crippen LogP contribution in [0.2, 0.25) is 0 Å². The zero-order valence-electron chi connectivity index (χ0n) is 11.8. The summed E-state index contributed by atoms with van der Waals surface area (Å²) < 4.78 is 5.64. The van der Waals surface area contributed by atoms with Crippen molar-refractivity contribution in [1.29, 1.82) is 0 Å². The minimum absolute atomic E-state index is 0.743. The molecule has 1 aliphatic rings. The Morgan fingerprint density at radius 3 is 2.65 bits per heavy atom. The maximum Gasteiger partial charge on any atom is 0.0591 e. The first kappa shape index (κ1) is 15.0. The average molecular weight is 241 g/mol. The van der Waals surface area contributed by atoms with Gasteiger partial charge in [-0.25, -0.2) is 0 Å². The van der Waals surface area contributed by atoms with E-state index >= 15 is 0 Å². The summed E-state index contributed by atoms with van der Waals surface area (Å²) in [5.41, 5.74) is 0. The first-order chi connectivity index (χ1) is 8.34. The second-order valence-corrected chi connectivity index (χ2v) is 5.50. The van der Waals surface area contributed by atoms with Crippen molar-refractivity contribution < 1.29 is 4.74 Å². The van der Waals surface area contributed by atoms with Gasteiger partial charge in [-0.15, -0.1) is 0 Å². The van der Waals surface area contributed by atoms with E-state index in [-0.39, 0.29) is 0 Å². The van der Waals surface area contributed by atoms with Gasteiger partial charge in [0.15, 0.2) is 0 Å². The van der Waals surface area contributed by atoms with Gasteiger partial charge < -0.3 is 10.1 Å². The van der Waals surface area contributed by atoms with E-state index in [2.05, 4.69) is 19.2 Å². The van der Waals surface area contributed by atoms with Crippen LogP contribution in [0.15, 0.2) is 0 Å². The number of rotatable bonds is 9. The van der Waals surface area contributed by atoms with Gasteiger partial charge in [-0.05, 0) is 25.2 Å². The molecule has 1 saturated carbocycles. The molecular formula is C15H31NO. The topological polar surface area (TPSA) is 21.3 Å². The molecule has 17 heavy (non-hydrogen) atoms. The Morgan fingerprint density at radius 1 is 1.06 bits per heavy atom. The Hall–Kier alpha value is -0.0800. The predicted molar refractivity (Wildman–Crippen MR) is 74.4 cm³/mol. The van der Waals surface area contributed by atoms with E-state index in [1.807, 2.05) is 0 Å². The van der Waals surface area contributed by atoms with Crippen LogP contribution in [0.3, 0.4) is 0 Å². The van der Waals surface area contributed by atoms with E-state index in [1.54, 1.807) is 0 Å². The molecule has 2 unspecified atom stereocenters. The van der Waals surface area contributed by atoms with E-state index < -0.39 is 0 Å². The van der Waals surface area contributed by atoms with E-state index in [4.69, 9.17) is 4.74 Å². The standard InChI is InChI=1S/C15H31NO/c1-3-4-5-8-12-17-13-11-16-15-10-7-6-9-14(15)2/h14-16H,3-13H2,1-2H3. The van der Waals surface area contributed by atoms with E-state index in [9.17, 15) is 0 Å². The Morgan fingerprint density at radius 2 is 1.88 bits per heavy atom. The van der Waals surface area contributed by atoms with Crippen LogP contribution in [-0.2, 0) is 4.74 Å². The molecule has 102 valence electrons. The molecule has 0 aromatic carbocycles. The molecule has 0 bridgehead atoms. The highest BCUT2D eigenvalue weighted by atomic mass is 16.5.